The average molecular weight is 432 g/mol. The number of nitrogens with zero attached hydrogens (tertiary/aromatic N) is 2. The molecule has 0 aliphatic carbocycles. The van der Waals surface area contributed by atoms with Crippen molar-refractivity contribution in [1.82, 2.24) is 9.97 Å². The van der Waals surface area contributed by atoms with Gasteiger partial charge in [-0.15, -0.1) is 13.2 Å². The summed E-state index contributed by atoms with van der Waals surface area (Å²) in [5.41, 5.74) is 3.11. The lowest BCUT2D eigenvalue weighted by Crippen LogP contribution is -2.17. The molecule has 1 heterocycles. The topological polar surface area (TPSA) is 79.3 Å². The summed E-state index contributed by atoms with van der Waals surface area (Å²) in [5.74, 6) is 0.495. The fraction of sp³-hybridized carbons (Fsp3) is 0.273. The zero-order chi connectivity index (χ0) is 22.3. The number of nitrogens with one attached hydrogen (secondary N) is 2. The van der Waals surface area contributed by atoms with Crippen molar-refractivity contribution in [2.24, 2.45) is 0 Å². The van der Waals surface area contributed by atoms with Crippen LogP contribution in [-0.4, -0.2) is 34.6 Å². The number of aryl methyl sites for hydroxylation is 1. The Morgan fingerprint density at radius 1 is 1.00 bits per heavy atom. The normalized spacial score (nSPS) is 11.3. The highest BCUT2D eigenvalue weighted by molar-refractivity contribution is 5.66. The van der Waals surface area contributed by atoms with E-state index < -0.39 is 6.36 Å². The fourth-order valence-electron chi connectivity index (χ4n) is 2.89. The molecule has 6 nitrogen and oxygen atoms in total. The van der Waals surface area contributed by atoms with Gasteiger partial charge in [0.15, 0.2) is 0 Å². The van der Waals surface area contributed by atoms with Gasteiger partial charge in [-0.1, -0.05) is 36.4 Å². The zero-order valence-corrected chi connectivity index (χ0v) is 16.9. The molecule has 0 saturated heterocycles. The standard InChI is InChI=1S/C22H23F3N4O2/c1-15-6-2-3-7-17(15)14-27-20-13-19(28-21(29-20)26-10-5-11-30)16-8-4-9-18(12-16)31-22(23,24)25/h2-4,6-9,12-13,30H,5,10-11,14H2,1H3,(H2,26,27,28,29). The molecule has 0 bridgehead atoms. The Hall–Kier alpha value is -3.33. The molecule has 2 aromatic carbocycles. The van der Waals surface area contributed by atoms with Crippen molar-refractivity contribution in [2.45, 2.75) is 26.3 Å². The minimum absolute atomic E-state index is 0.0158. The van der Waals surface area contributed by atoms with E-state index in [2.05, 4.69) is 25.3 Å². The average Bonchev–Trinajstić information content (AvgIpc) is 2.72. The first-order chi connectivity index (χ1) is 14.8. The minimum Gasteiger partial charge on any atom is -0.406 e. The molecule has 0 atom stereocenters. The van der Waals surface area contributed by atoms with E-state index >= 15 is 0 Å². The van der Waals surface area contributed by atoms with Gasteiger partial charge >= 0.3 is 6.36 Å². The summed E-state index contributed by atoms with van der Waals surface area (Å²) in [5, 5.41) is 15.3. The van der Waals surface area contributed by atoms with Crippen LogP contribution in [0.4, 0.5) is 24.9 Å². The molecule has 0 unspecified atom stereocenters. The van der Waals surface area contributed by atoms with Crippen LogP contribution < -0.4 is 15.4 Å². The summed E-state index contributed by atoms with van der Waals surface area (Å²) in [6.45, 7) is 3.00. The number of alkyl halides is 3. The van der Waals surface area contributed by atoms with Crippen molar-refractivity contribution in [3.05, 3.63) is 65.7 Å². The molecule has 0 spiro atoms. The minimum atomic E-state index is -4.78. The molecule has 1 aromatic heterocycles. The highest BCUT2D eigenvalue weighted by atomic mass is 19.4. The smallest absolute Gasteiger partial charge is 0.406 e. The van der Waals surface area contributed by atoms with Crippen molar-refractivity contribution < 1.29 is 23.0 Å². The highest BCUT2D eigenvalue weighted by Crippen LogP contribution is 2.28. The molecule has 0 aliphatic heterocycles. The molecular formula is C22H23F3N4O2. The van der Waals surface area contributed by atoms with Crippen molar-refractivity contribution in [2.75, 3.05) is 23.8 Å². The molecular weight excluding hydrogens is 409 g/mol. The zero-order valence-electron chi connectivity index (χ0n) is 16.9. The first-order valence-corrected chi connectivity index (χ1v) is 9.72. The van der Waals surface area contributed by atoms with Crippen LogP contribution in [0.1, 0.15) is 17.5 Å². The van der Waals surface area contributed by atoms with Gasteiger partial charge in [-0.3, -0.25) is 0 Å². The predicted molar refractivity (Wildman–Crippen MR) is 113 cm³/mol. The Morgan fingerprint density at radius 3 is 2.55 bits per heavy atom. The molecule has 31 heavy (non-hydrogen) atoms. The fourth-order valence-corrected chi connectivity index (χ4v) is 2.89. The van der Waals surface area contributed by atoms with Crippen LogP contribution in [0.2, 0.25) is 0 Å². The van der Waals surface area contributed by atoms with Crippen LogP contribution in [0.15, 0.2) is 54.6 Å². The monoisotopic (exact) mass is 432 g/mol. The number of ether oxygens (including phenoxy) is 1. The van der Waals surface area contributed by atoms with E-state index in [0.29, 0.717) is 42.5 Å². The molecule has 164 valence electrons. The van der Waals surface area contributed by atoms with Crippen molar-refractivity contribution in [3.8, 4) is 17.0 Å². The number of rotatable bonds is 9. The number of aliphatic hydroxyl groups is 1. The van der Waals surface area contributed by atoms with Gasteiger partial charge in [0.05, 0.1) is 5.69 Å². The number of hydrogen-bond acceptors (Lipinski definition) is 6. The van der Waals surface area contributed by atoms with E-state index in [4.69, 9.17) is 5.11 Å². The van der Waals surface area contributed by atoms with Gasteiger partial charge in [-0.2, -0.15) is 4.98 Å². The molecule has 0 aliphatic rings. The highest BCUT2D eigenvalue weighted by Gasteiger charge is 2.31. The van der Waals surface area contributed by atoms with Crippen molar-refractivity contribution >= 4 is 11.8 Å². The molecule has 0 radical (unpaired) electrons. The molecule has 3 N–H and O–H groups in total. The van der Waals surface area contributed by atoms with Crippen LogP contribution in [0.25, 0.3) is 11.3 Å². The summed E-state index contributed by atoms with van der Waals surface area (Å²) in [4.78, 5) is 8.84. The number of hydrogen-bond donors (Lipinski definition) is 3. The van der Waals surface area contributed by atoms with E-state index in [0.717, 1.165) is 11.1 Å². The Morgan fingerprint density at radius 2 is 1.81 bits per heavy atom. The largest absolute Gasteiger partial charge is 0.573 e. The SMILES string of the molecule is Cc1ccccc1CNc1cc(-c2cccc(OC(F)(F)F)c2)nc(NCCCO)n1. The van der Waals surface area contributed by atoms with Gasteiger partial charge in [-0.05, 0) is 36.6 Å². The Labute approximate surface area is 178 Å². The van der Waals surface area contributed by atoms with E-state index in [1.54, 1.807) is 12.1 Å². The summed E-state index contributed by atoms with van der Waals surface area (Å²) < 4.78 is 41.8. The van der Waals surface area contributed by atoms with Crippen LogP contribution in [0.5, 0.6) is 5.75 Å². The van der Waals surface area contributed by atoms with E-state index in [9.17, 15) is 13.2 Å². The second-order valence-electron chi connectivity index (χ2n) is 6.82. The summed E-state index contributed by atoms with van der Waals surface area (Å²) in [6, 6.07) is 15.2. The van der Waals surface area contributed by atoms with Gasteiger partial charge < -0.3 is 20.5 Å². The van der Waals surface area contributed by atoms with Gasteiger partial charge in [-0.25, -0.2) is 4.98 Å². The van der Waals surface area contributed by atoms with Gasteiger partial charge in [0.1, 0.15) is 11.6 Å². The van der Waals surface area contributed by atoms with Gasteiger partial charge in [0.25, 0.3) is 0 Å². The number of anilines is 2. The molecule has 0 amide bonds. The number of benzene rings is 2. The van der Waals surface area contributed by atoms with Crippen LogP contribution in [0, 0.1) is 6.92 Å². The first kappa shape index (κ1) is 22.4. The number of aromatic nitrogens is 2. The van der Waals surface area contributed by atoms with E-state index in [1.165, 1.54) is 18.2 Å². The second kappa shape index (κ2) is 10.1. The molecule has 3 aromatic rings. The Kier molecular flexibility index (Phi) is 7.30. The van der Waals surface area contributed by atoms with Gasteiger partial charge in [0, 0.05) is 31.3 Å². The maximum absolute atomic E-state index is 12.6. The van der Waals surface area contributed by atoms with E-state index in [-0.39, 0.29) is 12.4 Å². The Balaban J connectivity index is 1.88. The van der Waals surface area contributed by atoms with Crippen LogP contribution >= 0.6 is 0 Å². The lowest BCUT2D eigenvalue weighted by Gasteiger charge is -2.13. The Bertz CT molecular complexity index is 1010. The summed E-state index contributed by atoms with van der Waals surface area (Å²) >= 11 is 0. The first-order valence-electron chi connectivity index (χ1n) is 9.72. The third-order valence-electron chi connectivity index (χ3n) is 4.43. The molecule has 0 saturated carbocycles. The summed E-state index contributed by atoms with van der Waals surface area (Å²) in [7, 11) is 0. The second-order valence-corrected chi connectivity index (χ2v) is 6.82. The maximum atomic E-state index is 12.6. The quantitative estimate of drug-likeness (QED) is 0.423. The third kappa shape index (κ3) is 6.85. The third-order valence-corrected chi connectivity index (χ3v) is 4.43. The molecule has 3 rings (SSSR count). The number of aliphatic hydroxyl groups excluding tert-OH is 1. The summed E-state index contributed by atoms with van der Waals surface area (Å²) in [6.07, 6.45) is -4.27. The van der Waals surface area contributed by atoms with Crippen LogP contribution in [0.3, 0.4) is 0 Å². The lowest BCUT2D eigenvalue weighted by molar-refractivity contribution is -0.274. The molecule has 9 heteroatoms. The lowest BCUT2D eigenvalue weighted by atomic mass is 10.1. The van der Waals surface area contributed by atoms with Gasteiger partial charge in [0.2, 0.25) is 5.95 Å². The number of halogens is 3. The maximum Gasteiger partial charge on any atom is 0.573 e. The predicted octanol–water partition coefficient (Wildman–Crippen LogP) is 4.76. The van der Waals surface area contributed by atoms with Crippen molar-refractivity contribution in [3.63, 3.8) is 0 Å². The van der Waals surface area contributed by atoms with E-state index in [1.807, 2.05) is 31.2 Å². The molecule has 0 fully saturated rings. The van der Waals surface area contributed by atoms with Crippen LogP contribution in [-0.2, 0) is 6.54 Å². The van der Waals surface area contributed by atoms with Crippen molar-refractivity contribution in [1.29, 1.82) is 0 Å².